The first-order chi connectivity index (χ1) is 37.0. The zero-order chi connectivity index (χ0) is 57.3. The maximum atomic E-state index is 12.2. The lowest BCUT2D eigenvalue weighted by molar-refractivity contribution is -0.398. The van der Waals surface area contributed by atoms with Crippen LogP contribution in [0.1, 0.15) is 34.6 Å². The smallest absolute Gasteiger partial charge is 0.187 e. The van der Waals surface area contributed by atoms with Crippen LogP contribution >= 0.6 is 0 Å². The molecule has 0 aromatic heterocycles. The average molecular weight is 1140 g/mol. The Morgan fingerprint density at radius 2 is 0.577 bits per heavy atom. The van der Waals surface area contributed by atoms with Crippen LogP contribution in [0.2, 0.25) is 0 Å². The van der Waals surface area contributed by atoms with E-state index >= 15 is 0 Å². The van der Waals surface area contributed by atoms with Crippen molar-refractivity contribution >= 4 is 0 Å². The molecule has 7 saturated heterocycles. The number of hydrogen-bond donors (Lipinski definition) is 18. The molecule has 18 N–H and O–H groups in total. The van der Waals surface area contributed by atoms with Gasteiger partial charge >= 0.3 is 0 Å². The van der Waals surface area contributed by atoms with Crippen LogP contribution in [0.3, 0.4) is 0 Å². The highest BCUT2D eigenvalue weighted by molar-refractivity contribution is 5.00. The Labute approximate surface area is 447 Å². The molecule has 0 saturated carbocycles. The summed E-state index contributed by atoms with van der Waals surface area (Å²) in [7, 11) is 0. The Morgan fingerprint density at radius 1 is 0.256 bits per heavy atom. The molecule has 15 unspecified atom stereocenters. The lowest BCUT2D eigenvalue weighted by Gasteiger charge is -2.50. The molecule has 78 heavy (non-hydrogen) atoms. The van der Waals surface area contributed by atoms with Crippen LogP contribution in [0.25, 0.3) is 0 Å². The number of hydrogen-bond acceptors (Lipinski definition) is 31. The Hall–Kier alpha value is -1.24. The van der Waals surface area contributed by atoms with E-state index in [2.05, 4.69) is 0 Å². The third kappa shape index (κ3) is 13.2. The fraction of sp³-hybridized carbons (Fsp3) is 1.00. The summed E-state index contributed by atoms with van der Waals surface area (Å²) in [5, 5.41) is 195. The molecule has 0 aromatic carbocycles. The summed E-state index contributed by atoms with van der Waals surface area (Å²) in [4.78, 5) is 0. The van der Waals surface area contributed by atoms with Crippen molar-refractivity contribution in [3.8, 4) is 0 Å². The second-order valence-corrected chi connectivity index (χ2v) is 21.4. The van der Waals surface area contributed by atoms with Crippen LogP contribution in [0.15, 0.2) is 0 Å². The summed E-state index contributed by atoms with van der Waals surface area (Å²) in [6.07, 6.45) is -50.7. The van der Waals surface area contributed by atoms with Gasteiger partial charge in [0.1, 0.15) is 122 Å². The van der Waals surface area contributed by atoms with Gasteiger partial charge in [-0.3, -0.25) is 0 Å². The van der Waals surface area contributed by atoms with Crippen molar-refractivity contribution in [3.05, 3.63) is 0 Å². The Morgan fingerprint density at radius 3 is 1.04 bits per heavy atom. The fourth-order valence-electron chi connectivity index (χ4n) is 10.8. The quantitative estimate of drug-likeness (QED) is 0.0571. The van der Waals surface area contributed by atoms with Gasteiger partial charge in [0.25, 0.3) is 0 Å². The van der Waals surface area contributed by atoms with Crippen molar-refractivity contribution in [2.75, 3.05) is 46.2 Å². The maximum Gasteiger partial charge on any atom is 0.187 e. The summed E-state index contributed by atoms with van der Waals surface area (Å²) in [6, 6.07) is 0. The van der Waals surface area contributed by atoms with Crippen molar-refractivity contribution in [3.63, 3.8) is 0 Å². The minimum Gasteiger partial charge on any atom is -0.394 e. The molecule has 0 amide bonds. The first-order valence-electron chi connectivity index (χ1n) is 26.3. The van der Waals surface area contributed by atoms with Crippen LogP contribution in [0.5, 0.6) is 0 Å². The topological polar surface area (TPSA) is 484 Å². The third-order valence-electron chi connectivity index (χ3n) is 16.3. The Kier molecular flexibility index (Phi) is 22.8. The predicted octanol–water partition coefficient (Wildman–Crippen LogP) is -10.1. The van der Waals surface area contributed by atoms with E-state index in [-0.39, 0.29) is 0 Å². The van der Waals surface area contributed by atoms with Crippen molar-refractivity contribution in [2.24, 2.45) is 23.7 Å². The van der Waals surface area contributed by atoms with E-state index in [9.17, 15) is 91.9 Å². The van der Waals surface area contributed by atoms with Gasteiger partial charge in [-0.1, -0.05) is 27.7 Å². The van der Waals surface area contributed by atoms with Gasteiger partial charge in [0, 0.05) is 23.7 Å². The molecule has 35 atom stereocenters. The van der Waals surface area contributed by atoms with E-state index in [1.165, 1.54) is 20.8 Å². The zero-order valence-electron chi connectivity index (χ0n) is 43.5. The monoisotopic (exact) mass is 1140 g/mol. The van der Waals surface area contributed by atoms with Gasteiger partial charge in [-0.15, -0.1) is 0 Å². The van der Waals surface area contributed by atoms with Crippen LogP contribution in [0.4, 0.5) is 0 Å². The van der Waals surface area contributed by atoms with Crippen molar-refractivity contribution in [1.82, 2.24) is 0 Å². The molecule has 7 heterocycles. The normalized spacial score (nSPS) is 53.5. The fourth-order valence-corrected chi connectivity index (χ4v) is 10.8. The second kappa shape index (κ2) is 27.6. The Balaban J connectivity index is 1.18. The minimum atomic E-state index is -2.19. The molecule has 7 rings (SSSR count). The van der Waals surface area contributed by atoms with E-state index in [1.807, 2.05) is 0 Å². The summed E-state index contributed by atoms with van der Waals surface area (Å²) in [5.74, 6) is -3.68. The SMILES string of the molecule is CC1C(O)[C@H](O)[C@H](CO)O[C@H]1OC1C(O)[C@H](O)C(CO)O[C@@H]1OCC1O[C@@H](O[C@@H]2C(CO)O[C@@H](O[C@@H]3C(CO)O[C@@H](C)[C@@H](C)C3O)[C@@H](C)C2O)[C@H](O)C(O[C@H]2O[C@H](CO)[C@@H](O)C(O)C2O[C@@H]2OC(CO)[C@@H](O)C(O)[C@@H]2C)[C@@H]1O. The highest BCUT2D eigenvalue weighted by Crippen LogP contribution is 2.39. The molecule has 0 aliphatic carbocycles. The average Bonchev–Trinajstić information content (AvgIpc) is 3.47. The number of aliphatic hydroxyl groups is 18. The second-order valence-electron chi connectivity index (χ2n) is 21.4. The van der Waals surface area contributed by atoms with Gasteiger partial charge in [0.15, 0.2) is 37.7 Å². The molecule has 7 fully saturated rings. The predicted molar refractivity (Wildman–Crippen MR) is 248 cm³/mol. The lowest BCUT2D eigenvalue weighted by atomic mass is 9.88. The minimum absolute atomic E-state index is 0.471. The highest BCUT2D eigenvalue weighted by Gasteiger charge is 2.58. The lowest BCUT2D eigenvalue weighted by Crippen LogP contribution is -2.67. The standard InChI is InChI=1S/C47H82O31/c1-13-17(5)67-22(10-52)37(27(13)56)74-44-16(4)28(57)38(23(11-53)72-44)75-45-36(65)39(76-47-41(35(64)32(61)21(9-51)71-47)78-43-15(3)26(55)30(59)19(7-49)69-43)33(62)24(73-45)12-66-46-40(34(63)31(60)20(8-50)70-46)77-42-14(2)25(54)29(58)18(6-48)68-42/h13-65H,6-12H2,1-5H3/t13-,14?,15+,16+,17+,18+,19?,20?,21-,22?,23?,24?,25?,26?,27?,28?,29-,30-,31-,32-,33-,34?,35?,36-,37-,38-,39?,40?,41?,42+,43+,44+,45+,46+,47-/m1/s1. The van der Waals surface area contributed by atoms with E-state index in [4.69, 9.17) is 61.6 Å². The first-order valence-corrected chi connectivity index (χ1v) is 26.3. The van der Waals surface area contributed by atoms with Gasteiger partial charge in [-0.05, 0) is 6.92 Å². The molecule has 7 aliphatic heterocycles. The molecular weight excluding hydrogens is 1060 g/mol. The first kappa shape index (κ1) is 64.3. The molecule has 0 aromatic rings. The summed E-state index contributed by atoms with van der Waals surface area (Å²) >= 11 is 0. The van der Waals surface area contributed by atoms with E-state index in [1.54, 1.807) is 13.8 Å². The van der Waals surface area contributed by atoms with E-state index in [0.717, 1.165) is 0 Å². The van der Waals surface area contributed by atoms with Crippen molar-refractivity contribution < 1.29 is 153 Å². The summed E-state index contributed by atoms with van der Waals surface area (Å²) in [5.41, 5.74) is 0. The molecule has 456 valence electrons. The highest BCUT2D eigenvalue weighted by atomic mass is 16.8. The molecule has 7 aliphatic rings. The summed E-state index contributed by atoms with van der Waals surface area (Å²) < 4.78 is 77.7. The molecule has 31 nitrogen and oxygen atoms in total. The number of ether oxygens (including phenoxy) is 13. The molecule has 0 bridgehead atoms. The summed E-state index contributed by atoms with van der Waals surface area (Å²) in [6.45, 7) is 1.95. The van der Waals surface area contributed by atoms with Crippen molar-refractivity contribution in [1.29, 1.82) is 0 Å². The van der Waals surface area contributed by atoms with E-state index < -0.39 is 260 Å². The van der Waals surface area contributed by atoms with Gasteiger partial charge in [0.05, 0.1) is 76.8 Å². The van der Waals surface area contributed by atoms with Gasteiger partial charge in [0.2, 0.25) is 0 Å². The van der Waals surface area contributed by atoms with Crippen LogP contribution in [-0.2, 0) is 61.6 Å². The van der Waals surface area contributed by atoms with Gasteiger partial charge < -0.3 is 153 Å². The van der Waals surface area contributed by atoms with Crippen LogP contribution in [-0.4, -0.2) is 329 Å². The maximum absolute atomic E-state index is 12.2. The number of aliphatic hydroxyl groups excluding tert-OH is 18. The molecule has 31 heteroatoms. The third-order valence-corrected chi connectivity index (χ3v) is 16.3. The van der Waals surface area contributed by atoms with Gasteiger partial charge in [-0.2, -0.15) is 0 Å². The zero-order valence-corrected chi connectivity index (χ0v) is 43.5. The van der Waals surface area contributed by atoms with Crippen LogP contribution in [0, 0.1) is 23.7 Å². The van der Waals surface area contributed by atoms with Crippen LogP contribution < -0.4 is 0 Å². The van der Waals surface area contributed by atoms with Gasteiger partial charge in [-0.25, -0.2) is 0 Å². The largest absolute Gasteiger partial charge is 0.394 e. The van der Waals surface area contributed by atoms with E-state index in [0.29, 0.717) is 0 Å². The number of rotatable bonds is 19. The Bertz CT molecular complexity index is 1810. The molecule has 0 spiro atoms. The molecule has 0 radical (unpaired) electrons. The van der Waals surface area contributed by atoms with Crippen molar-refractivity contribution in [2.45, 2.75) is 225 Å². The molecular formula is C47H82O31.